The number of allylic oxidation sites excluding steroid dienone is 1. The molecule has 0 bridgehead atoms. The molecule has 0 aromatic rings. The monoisotopic (exact) mass is 178 g/mol. The minimum atomic E-state index is 0.634. The van der Waals surface area contributed by atoms with Crippen molar-refractivity contribution in [2.75, 3.05) is 13.1 Å². The lowest BCUT2D eigenvalue weighted by atomic mass is 9.98. The lowest BCUT2D eigenvalue weighted by Gasteiger charge is -2.34. The predicted molar refractivity (Wildman–Crippen MR) is 55.3 cm³/mol. The summed E-state index contributed by atoms with van der Waals surface area (Å²) >= 11 is 0. The highest BCUT2D eigenvalue weighted by atomic mass is 15.2. The third-order valence-electron chi connectivity index (χ3n) is 3.09. The third-order valence-corrected chi connectivity index (χ3v) is 3.09. The lowest BCUT2D eigenvalue weighted by molar-refractivity contribution is 0.184. The summed E-state index contributed by atoms with van der Waals surface area (Å²) in [5.74, 6) is 0. The largest absolute Gasteiger partial charge is 0.305 e. The molecule has 0 amide bonds. The standard InChI is InChI=1S/C11H18N2/c12-10-4-6-11(7-5-10)13-8-2-1-3-9-13/h4,6,11-12H,1-3,5,7-9H2. The molecule has 0 spiro atoms. The van der Waals surface area contributed by atoms with E-state index < -0.39 is 0 Å². The SMILES string of the molecule is N=C1C=CC(N2CCCCC2)CC1. The van der Waals surface area contributed by atoms with E-state index in [9.17, 15) is 0 Å². The molecule has 72 valence electrons. The Labute approximate surface area is 80.1 Å². The fourth-order valence-electron chi connectivity index (χ4n) is 2.26. The number of nitrogens with zero attached hydrogens (tertiary/aromatic N) is 1. The van der Waals surface area contributed by atoms with Crippen molar-refractivity contribution in [3.63, 3.8) is 0 Å². The molecule has 1 unspecified atom stereocenters. The van der Waals surface area contributed by atoms with Gasteiger partial charge in [0.25, 0.3) is 0 Å². The zero-order valence-corrected chi connectivity index (χ0v) is 8.13. The van der Waals surface area contributed by atoms with Crippen LogP contribution in [-0.2, 0) is 0 Å². The highest BCUT2D eigenvalue weighted by Crippen LogP contribution is 2.19. The Morgan fingerprint density at radius 2 is 2.00 bits per heavy atom. The lowest BCUT2D eigenvalue weighted by Crippen LogP contribution is -2.39. The van der Waals surface area contributed by atoms with E-state index in [0.29, 0.717) is 6.04 Å². The van der Waals surface area contributed by atoms with Crippen molar-refractivity contribution >= 4 is 5.71 Å². The first-order chi connectivity index (χ1) is 6.36. The first-order valence-corrected chi connectivity index (χ1v) is 5.36. The van der Waals surface area contributed by atoms with Crippen molar-refractivity contribution in [1.82, 2.24) is 4.90 Å². The molecule has 1 heterocycles. The van der Waals surface area contributed by atoms with Crippen LogP contribution < -0.4 is 0 Å². The van der Waals surface area contributed by atoms with E-state index in [1.165, 1.54) is 32.4 Å². The third kappa shape index (κ3) is 2.19. The molecule has 1 N–H and O–H groups in total. The van der Waals surface area contributed by atoms with Crippen LogP contribution in [0.4, 0.5) is 0 Å². The van der Waals surface area contributed by atoms with E-state index in [1.54, 1.807) is 0 Å². The number of hydrogen-bond acceptors (Lipinski definition) is 2. The van der Waals surface area contributed by atoms with E-state index in [4.69, 9.17) is 5.41 Å². The fraction of sp³-hybridized carbons (Fsp3) is 0.727. The molecule has 2 heteroatoms. The van der Waals surface area contributed by atoms with Crippen LogP contribution in [-0.4, -0.2) is 29.7 Å². The molecule has 0 radical (unpaired) electrons. The number of piperidine rings is 1. The number of hydrogen-bond donors (Lipinski definition) is 1. The number of nitrogens with one attached hydrogen (secondary N) is 1. The van der Waals surface area contributed by atoms with E-state index >= 15 is 0 Å². The van der Waals surface area contributed by atoms with Crippen molar-refractivity contribution in [2.24, 2.45) is 0 Å². The Morgan fingerprint density at radius 1 is 1.23 bits per heavy atom. The van der Waals surface area contributed by atoms with Gasteiger partial charge in [-0.05, 0) is 44.8 Å². The van der Waals surface area contributed by atoms with E-state index in [-0.39, 0.29) is 0 Å². The maximum atomic E-state index is 7.49. The average molecular weight is 178 g/mol. The molecule has 2 nitrogen and oxygen atoms in total. The van der Waals surface area contributed by atoms with E-state index in [2.05, 4.69) is 11.0 Å². The van der Waals surface area contributed by atoms with Crippen LogP contribution in [0.25, 0.3) is 0 Å². The first-order valence-electron chi connectivity index (χ1n) is 5.36. The van der Waals surface area contributed by atoms with Gasteiger partial charge in [-0.25, -0.2) is 0 Å². The molecular weight excluding hydrogens is 160 g/mol. The highest BCUT2D eigenvalue weighted by Gasteiger charge is 2.20. The van der Waals surface area contributed by atoms with Gasteiger partial charge in [0.05, 0.1) is 0 Å². The molecule has 0 aromatic heterocycles. The summed E-state index contributed by atoms with van der Waals surface area (Å²) in [4.78, 5) is 2.58. The van der Waals surface area contributed by atoms with Crippen LogP contribution in [0.3, 0.4) is 0 Å². The molecule has 2 rings (SSSR count). The summed E-state index contributed by atoms with van der Waals surface area (Å²) in [7, 11) is 0. The molecule has 0 saturated carbocycles. The van der Waals surface area contributed by atoms with Gasteiger partial charge in [0.15, 0.2) is 0 Å². The minimum Gasteiger partial charge on any atom is -0.305 e. The Kier molecular flexibility index (Phi) is 2.79. The predicted octanol–water partition coefficient (Wildman–Crippen LogP) is 2.21. The van der Waals surface area contributed by atoms with Gasteiger partial charge in [-0.1, -0.05) is 12.5 Å². The molecule has 1 fully saturated rings. The van der Waals surface area contributed by atoms with Gasteiger partial charge < -0.3 is 5.41 Å². The highest BCUT2D eigenvalue weighted by molar-refractivity contribution is 5.93. The maximum Gasteiger partial charge on any atom is 0.0312 e. The smallest absolute Gasteiger partial charge is 0.0312 e. The van der Waals surface area contributed by atoms with Gasteiger partial charge >= 0.3 is 0 Å². The van der Waals surface area contributed by atoms with Gasteiger partial charge in [-0.3, -0.25) is 4.90 Å². The molecule has 1 aliphatic heterocycles. The Balaban J connectivity index is 1.92. The van der Waals surface area contributed by atoms with Gasteiger partial charge in [0.1, 0.15) is 0 Å². The average Bonchev–Trinajstić information content (AvgIpc) is 2.20. The Bertz CT molecular complexity index is 214. The van der Waals surface area contributed by atoms with Gasteiger partial charge in [-0.2, -0.15) is 0 Å². The van der Waals surface area contributed by atoms with Crippen molar-refractivity contribution in [3.05, 3.63) is 12.2 Å². The van der Waals surface area contributed by atoms with Crippen LogP contribution in [0.5, 0.6) is 0 Å². The van der Waals surface area contributed by atoms with Crippen molar-refractivity contribution in [2.45, 2.75) is 38.1 Å². The second-order valence-electron chi connectivity index (χ2n) is 4.09. The molecule has 1 aliphatic carbocycles. The Hall–Kier alpha value is -0.630. The van der Waals surface area contributed by atoms with Crippen LogP contribution in [0.2, 0.25) is 0 Å². The number of likely N-dealkylation sites (tertiary alicyclic amines) is 1. The minimum absolute atomic E-state index is 0.634. The summed E-state index contributed by atoms with van der Waals surface area (Å²) in [6, 6.07) is 0.634. The molecule has 2 aliphatic rings. The summed E-state index contributed by atoms with van der Waals surface area (Å²) in [5, 5.41) is 7.49. The normalized spacial score (nSPS) is 30.8. The van der Waals surface area contributed by atoms with E-state index in [0.717, 1.165) is 18.6 Å². The molecule has 13 heavy (non-hydrogen) atoms. The molecular formula is C11H18N2. The topological polar surface area (TPSA) is 27.1 Å². The molecule has 1 atom stereocenters. The summed E-state index contributed by atoms with van der Waals surface area (Å²) < 4.78 is 0. The van der Waals surface area contributed by atoms with E-state index in [1.807, 2.05) is 6.08 Å². The zero-order chi connectivity index (χ0) is 9.10. The molecule has 0 aromatic carbocycles. The van der Waals surface area contributed by atoms with Gasteiger partial charge in [0, 0.05) is 11.8 Å². The quantitative estimate of drug-likeness (QED) is 0.655. The summed E-state index contributed by atoms with van der Waals surface area (Å²) in [5.41, 5.74) is 0.799. The number of rotatable bonds is 1. The van der Waals surface area contributed by atoms with Crippen molar-refractivity contribution < 1.29 is 0 Å². The summed E-state index contributed by atoms with van der Waals surface area (Å²) in [6.45, 7) is 2.53. The van der Waals surface area contributed by atoms with Gasteiger partial charge in [-0.15, -0.1) is 0 Å². The second kappa shape index (κ2) is 4.05. The second-order valence-corrected chi connectivity index (χ2v) is 4.09. The van der Waals surface area contributed by atoms with Crippen LogP contribution in [0, 0.1) is 5.41 Å². The first kappa shape index (κ1) is 8.95. The molecule has 1 saturated heterocycles. The van der Waals surface area contributed by atoms with Crippen molar-refractivity contribution in [1.29, 1.82) is 5.41 Å². The summed E-state index contributed by atoms with van der Waals surface area (Å²) in [6.07, 6.45) is 10.5. The maximum absolute atomic E-state index is 7.49. The Morgan fingerprint density at radius 3 is 2.62 bits per heavy atom. The van der Waals surface area contributed by atoms with Gasteiger partial charge in [0.2, 0.25) is 0 Å². The van der Waals surface area contributed by atoms with Crippen LogP contribution in [0.15, 0.2) is 12.2 Å². The van der Waals surface area contributed by atoms with Crippen LogP contribution >= 0.6 is 0 Å². The van der Waals surface area contributed by atoms with Crippen LogP contribution in [0.1, 0.15) is 32.1 Å². The van der Waals surface area contributed by atoms with Crippen molar-refractivity contribution in [3.8, 4) is 0 Å². The zero-order valence-electron chi connectivity index (χ0n) is 8.13. The fourth-order valence-corrected chi connectivity index (χ4v) is 2.26.